The van der Waals surface area contributed by atoms with Gasteiger partial charge in [0.05, 0.1) is 6.10 Å². The van der Waals surface area contributed by atoms with Gasteiger partial charge in [-0.1, -0.05) is 13.8 Å². The second-order valence-corrected chi connectivity index (χ2v) is 3.79. The molecule has 4 heteroatoms. The van der Waals surface area contributed by atoms with Crippen LogP contribution in [0, 0.1) is 5.92 Å². The summed E-state index contributed by atoms with van der Waals surface area (Å²) in [6.45, 7) is 6.04. The van der Waals surface area contributed by atoms with E-state index in [9.17, 15) is 9.90 Å². The van der Waals surface area contributed by atoms with E-state index in [0.29, 0.717) is 13.0 Å². The molecule has 0 aromatic carbocycles. The van der Waals surface area contributed by atoms with Crippen LogP contribution in [0.2, 0.25) is 0 Å². The van der Waals surface area contributed by atoms with E-state index in [2.05, 4.69) is 5.32 Å². The molecular weight excluding hydrogens is 180 g/mol. The molecule has 3 unspecified atom stereocenters. The van der Waals surface area contributed by atoms with Crippen molar-refractivity contribution in [3.63, 3.8) is 0 Å². The molecule has 0 aromatic heterocycles. The molecule has 0 saturated carbocycles. The van der Waals surface area contributed by atoms with Gasteiger partial charge in [0.2, 0.25) is 5.91 Å². The Kier molecular flexibility index (Phi) is 6.49. The lowest BCUT2D eigenvalue weighted by molar-refractivity contribution is -0.125. The van der Waals surface area contributed by atoms with Gasteiger partial charge >= 0.3 is 0 Å². The molecule has 0 fully saturated rings. The first-order valence-electron chi connectivity index (χ1n) is 5.20. The van der Waals surface area contributed by atoms with Gasteiger partial charge in [-0.15, -0.1) is 0 Å². The smallest absolute Gasteiger partial charge is 0.224 e. The largest absolute Gasteiger partial charge is 0.393 e. The summed E-state index contributed by atoms with van der Waals surface area (Å²) in [5.74, 6) is -0.211. The second-order valence-electron chi connectivity index (χ2n) is 3.79. The standard InChI is InChI=1S/C10H22N2O2/c1-4-9(13)5-6-12-10(14)7(2)8(3)11/h7-9,13H,4-6,11H2,1-3H3,(H,12,14). The third-order valence-electron chi connectivity index (χ3n) is 2.45. The van der Waals surface area contributed by atoms with Crippen LogP contribution in [0.5, 0.6) is 0 Å². The molecule has 14 heavy (non-hydrogen) atoms. The third kappa shape index (κ3) is 5.19. The lowest BCUT2D eigenvalue weighted by Gasteiger charge is -2.16. The molecule has 0 heterocycles. The molecule has 4 nitrogen and oxygen atoms in total. The van der Waals surface area contributed by atoms with Crippen molar-refractivity contribution in [2.75, 3.05) is 6.54 Å². The van der Waals surface area contributed by atoms with Crippen LogP contribution in [0.4, 0.5) is 0 Å². The maximum atomic E-state index is 11.4. The number of hydrogen-bond acceptors (Lipinski definition) is 3. The third-order valence-corrected chi connectivity index (χ3v) is 2.45. The summed E-state index contributed by atoms with van der Waals surface area (Å²) in [6.07, 6.45) is 1.01. The molecule has 4 N–H and O–H groups in total. The Morgan fingerprint density at radius 3 is 2.50 bits per heavy atom. The molecule has 0 aliphatic carbocycles. The summed E-state index contributed by atoms with van der Waals surface area (Å²) in [5.41, 5.74) is 5.58. The van der Waals surface area contributed by atoms with E-state index in [1.165, 1.54) is 0 Å². The number of amides is 1. The molecule has 0 aromatic rings. The van der Waals surface area contributed by atoms with Crippen molar-refractivity contribution in [3.05, 3.63) is 0 Å². The minimum atomic E-state index is -0.319. The average molecular weight is 202 g/mol. The Hall–Kier alpha value is -0.610. The number of carbonyl (C=O) groups is 1. The zero-order valence-corrected chi connectivity index (χ0v) is 9.29. The van der Waals surface area contributed by atoms with Crippen molar-refractivity contribution in [3.8, 4) is 0 Å². The van der Waals surface area contributed by atoms with Gasteiger partial charge in [0.25, 0.3) is 0 Å². The summed E-state index contributed by atoms with van der Waals surface area (Å²) < 4.78 is 0. The van der Waals surface area contributed by atoms with Crippen LogP contribution < -0.4 is 11.1 Å². The SMILES string of the molecule is CCC(O)CCNC(=O)C(C)C(C)N. The predicted octanol–water partition coefficient (Wildman–Crippen LogP) is 0.247. The highest BCUT2D eigenvalue weighted by molar-refractivity contribution is 5.78. The Labute approximate surface area is 85.9 Å². The Morgan fingerprint density at radius 1 is 1.50 bits per heavy atom. The molecule has 0 spiro atoms. The summed E-state index contributed by atoms with van der Waals surface area (Å²) in [7, 11) is 0. The predicted molar refractivity (Wildman–Crippen MR) is 56.7 cm³/mol. The van der Waals surface area contributed by atoms with Gasteiger partial charge in [-0.25, -0.2) is 0 Å². The maximum absolute atomic E-state index is 11.4. The van der Waals surface area contributed by atoms with Gasteiger partial charge in [0, 0.05) is 18.5 Å². The van der Waals surface area contributed by atoms with Crippen LogP contribution in [0.25, 0.3) is 0 Å². The number of carbonyl (C=O) groups excluding carboxylic acids is 1. The van der Waals surface area contributed by atoms with Crippen LogP contribution in [-0.4, -0.2) is 29.7 Å². The maximum Gasteiger partial charge on any atom is 0.224 e. The van der Waals surface area contributed by atoms with Crippen LogP contribution >= 0.6 is 0 Å². The fourth-order valence-electron chi connectivity index (χ4n) is 0.966. The molecule has 0 rings (SSSR count). The van der Waals surface area contributed by atoms with Crippen molar-refractivity contribution < 1.29 is 9.90 Å². The summed E-state index contributed by atoms with van der Waals surface area (Å²) in [6, 6.07) is -0.133. The van der Waals surface area contributed by atoms with Crippen LogP contribution in [0.15, 0.2) is 0 Å². The number of aliphatic hydroxyl groups is 1. The molecule has 0 aliphatic heterocycles. The number of aliphatic hydroxyl groups excluding tert-OH is 1. The Bertz CT molecular complexity index is 172. The van der Waals surface area contributed by atoms with E-state index in [4.69, 9.17) is 5.73 Å². The highest BCUT2D eigenvalue weighted by Gasteiger charge is 2.16. The fraction of sp³-hybridized carbons (Fsp3) is 0.900. The van der Waals surface area contributed by atoms with E-state index < -0.39 is 0 Å². The van der Waals surface area contributed by atoms with E-state index in [-0.39, 0.29) is 24.0 Å². The molecule has 0 radical (unpaired) electrons. The Balaban J connectivity index is 3.64. The van der Waals surface area contributed by atoms with E-state index in [0.717, 1.165) is 6.42 Å². The highest BCUT2D eigenvalue weighted by atomic mass is 16.3. The molecule has 0 saturated heterocycles. The van der Waals surface area contributed by atoms with E-state index in [1.807, 2.05) is 13.8 Å². The highest BCUT2D eigenvalue weighted by Crippen LogP contribution is 2.00. The quantitative estimate of drug-likeness (QED) is 0.578. The average Bonchev–Trinajstić information content (AvgIpc) is 2.15. The molecule has 0 bridgehead atoms. The molecule has 84 valence electrons. The van der Waals surface area contributed by atoms with E-state index >= 15 is 0 Å². The van der Waals surface area contributed by atoms with Crippen LogP contribution in [-0.2, 0) is 4.79 Å². The van der Waals surface area contributed by atoms with Gasteiger partial charge in [-0.05, 0) is 19.8 Å². The number of hydrogen-bond donors (Lipinski definition) is 3. The molecule has 3 atom stereocenters. The topological polar surface area (TPSA) is 75.3 Å². The van der Waals surface area contributed by atoms with Crippen molar-refractivity contribution in [1.29, 1.82) is 0 Å². The summed E-state index contributed by atoms with van der Waals surface area (Å²) >= 11 is 0. The van der Waals surface area contributed by atoms with Crippen LogP contribution in [0.3, 0.4) is 0 Å². The monoisotopic (exact) mass is 202 g/mol. The van der Waals surface area contributed by atoms with Gasteiger partial charge < -0.3 is 16.2 Å². The zero-order chi connectivity index (χ0) is 11.1. The van der Waals surface area contributed by atoms with Gasteiger partial charge in [0.15, 0.2) is 0 Å². The van der Waals surface area contributed by atoms with Crippen molar-refractivity contribution in [1.82, 2.24) is 5.32 Å². The lowest BCUT2D eigenvalue weighted by atomic mass is 10.0. The molecule has 1 amide bonds. The van der Waals surface area contributed by atoms with Gasteiger partial charge in [0.1, 0.15) is 0 Å². The van der Waals surface area contributed by atoms with E-state index in [1.54, 1.807) is 6.92 Å². The molecule has 0 aliphatic rings. The van der Waals surface area contributed by atoms with Crippen LogP contribution in [0.1, 0.15) is 33.6 Å². The number of nitrogens with two attached hydrogens (primary N) is 1. The van der Waals surface area contributed by atoms with Gasteiger partial charge in [-0.3, -0.25) is 4.79 Å². The minimum absolute atomic E-state index is 0.0386. The first kappa shape index (κ1) is 13.4. The normalized spacial score (nSPS) is 17.2. The van der Waals surface area contributed by atoms with Crippen molar-refractivity contribution >= 4 is 5.91 Å². The molecular formula is C10H22N2O2. The zero-order valence-electron chi connectivity index (χ0n) is 9.29. The first-order chi connectivity index (χ1) is 6.49. The van der Waals surface area contributed by atoms with Crippen molar-refractivity contribution in [2.24, 2.45) is 11.7 Å². The first-order valence-corrected chi connectivity index (χ1v) is 5.20. The number of rotatable bonds is 6. The second kappa shape index (κ2) is 6.79. The lowest BCUT2D eigenvalue weighted by Crippen LogP contribution is -2.39. The fourth-order valence-corrected chi connectivity index (χ4v) is 0.966. The number of nitrogens with one attached hydrogen (secondary N) is 1. The minimum Gasteiger partial charge on any atom is -0.393 e. The summed E-state index contributed by atoms with van der Waals surface area (Å²) in [4.78, 5) is 11.4. The van der Waals surface area contributed by atoms with Gasteiger partial charge in [-0.2, -0.15) is 0 Å². The Morgan fingerprint density at radius 2 is 2.07 bits per heavy atom. The van der Waals surface area contributed by atoms with Crippen molar-refractivity contribution in [2.45, 2.75) is 45.8 Å². The summed E-state index contributed by atoms with van der Waals surface area (Å²) in [5, 5.41) is 12.0.